The fourth-order valence-corrected chi connectivity index (χ4v) is 4.84. The second-order valence-corrected chi connectivity index (χ2v) is 9.34. The Balaban J connectivity index is 1.43. The van der Waals surface area contributed by atoms with Crippen molar-refractivity contribution in [1.82, 2.24) is 24.9 Å². The molecule has 34 heavy (non-hydrogen) atoms. The number of fused-ring (bicyclic) bond motifs is 1. The van der Waals surface area contributed by atoms with Crippen molar-refractivity contribution in [3.63, 3.8) is 0 Å². The second-order valence-electron chi connectivity index (χ2n) is 7.98. The van der Waals surface area contributed by atoms with Crippen LogP contribution in [0.3, 0.4) is 0 Å². The molecule has 174 valence electrons. The normalized spacial score (nSPS) is 15.6. The fourth-order valence-electron chi connectivity index (χ4n) is 3.87. The summed E-state index contributed by atoms with van der Waals surface area (Å²) in [5.74, 6) is 0.600. The van der Waals surface area contributed by atoms with Gasteiger partial charge in [-0.3, -0.25) is 15.1 Å². The van der Waals surface area contributed by atoms with Crippen LogP contribution in [0, 0.1) is 12.8 Å². The maximum Gasteiger partial charge on any atom is 0.259 e. The highest BCUT2D eigenvalue weighted by atomic mass is 35.5. The van der Waals surface area contributed by atoms with Crippen LogP contribution >= 0.6 is 22.9 Å². The lowest BCUT2D eigenvalue weighted by Crippen LogP contribution is -2.14. The van der Waals surface area contributed by atoms with E-state index in [4.69, 9.17) is 21.1 Å². The number of hydrogen-bond donors (Lipinski definition) is 1. The van der Waals surface area contributed by atoms with Gasteiger partial charge >= 0.3 is 0 Å². The molecule has 11 heteroatoms. The Kier molecular flexibility index (Phi) is 6.36. The summed E-state index contributed by atoms with van der Waals surface area (Å²) < 4.78 is 10.9. The van der Waals surface area contributed by atoms with Crippen molar-refractivity contribution in [2.75, 3.05) is 25.6 Å². The van der Waals surface area contributed by atoms with Crippen LogP contribution in [0.25, 0.3) is 21.6 Å². The lowest BCUT2D eigenvalue weighted by molar-refractivity contribution is 0.102. The molecule has 1 aliphatic rings. The van der Waals surface area contributed by atoms with Gasteiger partial charge in [0.2, 0.25) is 0 Å². The number of hydrogen-bond acceptors (Lipinski definition) is 9. The zero-order valence-electron chi connectivity index (χ0n) is 18.5. The van der Waals surface area contributed by atoms with E-state index in [0.29, 0.717) is 49.1 Å². The predicted octanol–water partition coefficient (Wildman–Crippen LogP) is 4.35. The molecule has 9 nitrogen and oxygen atoms in total. The SMILES string of the molecule is COc1cnc(Cl)cc1-c1cc(C)ncc1C(=O)Nc1nc2ncc(CC3CCOC3)nc2s1. The summed E-state index contributed by atoms with van der Waals surface area (Å²) in [6, 6.07) is 3.47. The summed E-state index contributed by atoms with van der Waals surface area (Å²) in [4.78, 5) is 35.8. The fraction of sp³-hybridized carbons (Fsp3) is 0.304. The monoisotopic (exact) mass is 496 g/mol. The summed E-state index contributed by atoms with van der Waals surface area (Å²) >= 11 is 7.41. The van der Waals surface area contributed by atoms with Gasteiger partial charge in [-0.25, -0.2) is 15.0 Å². The highest BCUT2D eigenvalue weighted by Crippen LogP contribution is 2.34. The molecule has 0 spiro atoms. The average molecular weight is 497 g/mol. The van der Waals surface area contributed by atoms with Crippen molar-refractivity contribution in [2.45, 2.75) is 19.8 Å². The Hall–Kier alpha value is -3.21. The van der Waals surface area contributed by atoms with E-state index in [9.17, 15) is 4.79 Å². The van der Waals surface area contributed by atoms with Crippen LogP contribution in [0.4, 0.5) is 5.13 Å². The molecule has 0 saturated carbocycles. The van der Waals surface area contributed by atoms with Gasteiger partial charge in [0.25, 0.3) is 5.91 Å². The number of aromatic nitrogens is 5. The molecule has 0 aromatic carbocycles. The number of rotatable bonds is 6. The van der Waals surface area contributed by atoms with Crippen molar-refractivity contribution < 1.29 is 14.3 Å². The van der Waals surface area contributed by atoms with Crippen LogP contribution in [0.1, 0.15) is 28.2 Å². The average Bonchev–Trinajstić information content (AvgIpc) is 3.48. The molecule has 0 aliphatic carbocycles. The highest BCUT2D eigenvalue weighted by molar-refractivity contribution is 7.21. The smallest absolute Gasteiger partial charge is 0.259 e. The molecule has 1 N–H and O–H groups in total. The van der Waals surface area contributed by atoms with E-state index < -0.39 is 0 Å². The van der Waals surface area contributed by atoms with Crippen LogP contribution in [0.5, 0.6) is 5.75 Å². The Morgan fingerprint density at radius 3 is 2.88 bits per heavy atom. The maximum absolute atomic E-state index is 13.2. The molecule has 4 aromatic heterocycles. The van der Waals surface area contributed by atoms with Gasteiger partial charge in [-0.2, -0.15) is 4.98 Å². The summed E-state index contributed by atoms with van der Waals surface area (Å²) in [5.41, 5.74) is 3.77. The van der Waals surface area contributed by atoms with Crippen LogP contribution < -0.4 is 10.1 Å². The minimum Gasteiger partial charge on any atom is -0.494 e. The lowest BCUT2D eigenvalue weighted by atomic mass is 10.0. The Bertz CT molecular complexity index is 1370. The summed E-state index contributed by atoms with van der Waals surface area (Å²) in [5, 5.41) is 3.56. The van der Waals surface area contributed by atoms with E-state index in [2.05, 4.69) is 30.2 Å². The van der Waals surface area contributed by atoms with Crippen molar-refractivity contribution >= 4 is 44.5 Å². The lowest BCUT2D eigenvalue weighted by Gasteiger charge is -2.13. The standard InChI is InChI=1S/C23H21ClN6O3S/c1-12-5-15(16-7-19(24)26-10-18(16)32-2)17(9-25-12)21(31)30-23-29-20-22(34-23)28-14(8-27-20)6-13-3-4-33-11-13/h5,7-10,13H,3-4,6,11H2,1-2H3,(H,27,29,30,31). The number of halogens is 1. The Morgan fingerprint density at radius 2 is 2.09 bits per heavy atom. The topological polar surface area (TPSA) is 112 Å². The molecule has 1 aliphatic heterocycles. The van der Waals surface area contributed by atoms with Crippen molar-refractivity contribution in [3.05, 3.63) is 52.8 Å². The first kappa shape index (κ1) is 22.6. The molecule has 1 fully saturated rings. The van der Waals surface area contributed by atoms with Crippen LogP contribution in [-0.4, -0.2) is 51.2 Å². The van der Waals surface area contributed by atoms with Gasteiger partial charge in [0.1, 0.15) is 10.9 Å². The first-order valence-corrected chi connectivity index (χ1v) is 11.9. The van der Waals surface area contributed by atoms with E-state index in [0.717, 1.165) is 37.4 Å². The number of ether oxygens (including phenoxy) is 2. The van der Waals surface area contributed by atoms with Crippen molar-refractivity contribution in [3.8, 4) is 16.9 Å². The second kappa shape index (κ2) is 9.57. The summed E-state index contributed by atoms with van der Waals surface area (Å²) in [7, 11) is 1.54. The molecular formula is C23H21ClN6O3S. The van der Waals surface area contributed by atoms with Crippen LogP contribution in [0.2, 0.25) is 5.15 Å². The predicted molar refractivity (Wildman–Crippen MR) is 130 cm³/mol. The van der Waals surface area contributed by atoms with Gasteiger partial charge in [-0.1, -0.05) is 22.9 Å². The van der Waals surface area contributed by atoms with Gasteiger partial charge < -0.3 is 9.47 Å². The van der Waals surface area contributed by atoms with Gasteiger partial charge in [0.05, 0.1) is 30.8 Å². The number of anilines is 1. The van der Waals surface area contributed by atoms with Crippen molar-refractivity contribution in [1.29, 1.82) is 0 Å². The molecule has 1 atom stereocenters. The highest BCUT2D eigenvalue weighted by Gasteiger charge is 2.21. The largest absolute Gasteiger partial charge is 0.494 e. The number of thiazole rings is 1. The quantitative estimate of drug-likeness (QED) is 0.392. The number of methoxy groups -OCH3 is 1. The molecule has 0 bridgehead atoms. The Morgan fingerprint density at radius 1 is 1.21 bits per heavy atom. The van der Waals surface area contributed by atoms with Crippen LogP contribution in [-0.2, 0) is 11.2 Å². The van der Waals surface area contributed by atoms with E-state index in [-0.39, 0.29) is 5.91 Å². The maximum atomic E-state index is 13.2. The van der Waals surface area contributed by atoms with Gasteiger partial charge in [0.15, 0.2) is 15.6 Å². The molecule has 0 radical (unpaired) electrons. The van der Waals surface area contributed by atoms with E-state index >= 15 is 0 Å². The minimum absolute atomic E-state index is 0.292. The van der Waals surface area contributed by atoms with E-state index in [1.807, 2.05) is 13.0 Å². The third kappa shape index (κ3) is 4.70. The number of carbonyl (C=O) groups is 1. The van der Waals surface area contributed by atoms with E-state index in [1.165, 1.54) is 30.8 Å². The summed E-state index contributed by atoms with van der Waals surface area (Å²) in [6.07, 6.45) is 6.64. The number of amides is 1. The van der Waals surface area contributed by atoms with Gasteiger partial charge in [0, 0.05) is 36.2 Å². The van der Waals surface area contributed by atoms with Gasteiger partial charge in [-0.15, -0.1) is 0 Å². The Labute approximate surface area is 204 Å². The molecule has 5 heterocycles. The van der Waals surface area contributed by atoms with Gasteiger partial charge in [-0.05, 0) is 37.8 Å². The zero-order chi connectivity index (χ0) is 23.7. The number of carbonyl (C=O) groups excluding carboxylic acids is 1. The third-order valence-electron chi connectivity index (χ3n) is 5.54. The molecule has 1 saturated heterocycles. The molecular weight excluding hydrogens is 476 g/mol. The molecule has 1 unspecified atom stereocenters. The first-order chi connectivity index (χ1) is 16.5. The number of aryl methyl sites for hydroxylation is 1. The summed E-state index contributed by atoms with van der Waals surface area (Å²) in [6.45, 7) is 3.40. The third-order valence-corrected chi connectivity index (χ3v) is 6.61. The number of pyridine rings is 2. The molecule has 4 aromatic rings. The van der Waals surface area contributed by atoms with Crippen molar-refractivity contribution in [2.24, 2.45) is 5.92 Å². The zero-order valence-corrected chi connectivity index (χ0v) is 20.1. The van der Waals surface area contributed by atoms with Crippen LogP contribution in [0.15, 0.2) is 30.7 Å². The van der Waals surface area contributed by atoms with E-state index in [1.54, 1.807) is 12.3 Å². The minimum atomic E-state index is -0.361. The number of nitrogens with one attached hydrogen (secondary N) is 1. The molecule has 1 amide bonds. The number of nitrogens with zero attached hydrogens (tertiary/aromatic N) is 5. The first-order valence-electron chi connectivity index (χ1n) is 10.7. The molecule has 5 rings (SSSR count).